The van der Waals surface area contributed by atoms with E-state index in [1.165, 1.54) is 0 Å². The zero-order valence-electron chi connectivity index (χ0n) is 64.7. The van der Waals surface area contributed by atoms with Gasteiger partial charge in [0.05, 0.1) is 77.7 Å². The summed E-state index contributed by atoms with van der Waals surface area (Å²) in [7, 11) is 0. The van der Waals surface area contributed by atoms with Gasteiger partial charge in [-0.1, -0.05) is 89.5 Å². The van der Waals surface area contributed by atoms with E-state index in [9.17, 15) is 19.5 Å². The molecule has 0 bridgehead atoms. The van der Waals surface area contributed by atoms with Gasteiger partial charge in [0.1, 0.15) is 28.7 Å². The van der Waals surface area contributed by atoms with Gasteiger partial charge in [0.25, 0.3) is 17.7 Å². The summed E-state index contributed by atoms with van der Waals surface area (Å²) in [6.07, 6.45) is 17.0. The highest BCUT2D eigenvalue weighted by atomic mass is 16.5. The van der Waals surface area contributed by atoms with Crippen molar-refractivity contribution < 1.29 is 43.2 Å². The lowest BCUT2D eigenvalue weighted by atomic mass is 10.0. The molecule has 9 aromatic heterocycles. The van der Waals surface area contributed by atoms with E-state index in [1.54, 1.807) is 67.4 Å². The molecule has 16 aromatic rings. The monoisotopic (exact) mass is 1570 g/mol. The summed E-state index contributed by atoms with van der Waals surface area (Å²) in [5.41, 5.74) is 16.1. The van der Waals surface area contributed by atoms with E-state index in [4.69, 9.17) is 23.7 Å². The number of nitrogens with one attached hydrogen (secondary N) is 6. The number of pyridine rings is 6. The molecule has 588 valence electrons. The highest BCUT2D eigenvalue weighted by Gasteiger charge is 2.23. The molecule has 0 aliphatic carbocycles. The number of aryl methyl sites for hydroxylation is 3. The Labute approximate surface area is 678 Å². The van der Waals surface area contributed by atoms with E-state index in [2.05, 4.69) is 98.4 Å². The molecule has 7 N–H and O–H groups in total. The number of hydrogen-bond donors (Lipinski definition) is 7. The number of para-hydroxylation sites is 1. The van der Waals surface area contributed by atoms with Crippen LogP contribution in [0.2, 0.25) is 0 Å². The van der Waals surface area contributed by atoms with Crippen LogP contribution in [-0.4, -0.2) is 139 Å². The number of carbonyl (C=O) groups is 3. The number of aromatic amines is 3. The number of morpholine rings is 1. The molecule has 0 atom stereocenters. The van der Waals surface area contributed by atoms with Crippen molar-refractivity contribution >= 4 is 67.5 Å². The van der Waals surface area contributed by atoms with Gasteiger partial charge in [-0.3, -0.25) is 54.4 Å². The van der Waals surface area contributed by atoms with Gasteiger partial charge in [-0.05, 0) is 183 Å². The van der Waals surface area contributed by atoms with E-state index in [0.717, 1.165) is 160 Å². The summed E-state index contributed by atoms with van der Waals surface area (Å²) in [6, 6.07) is 66.7. The summed E-state index contributed by atoms with van der Waals surface area (Å²) in [5, 5.41) is 42.2. The minimum Gasteiger partial charge on any atom is -0.456 e. The van der Waals surface area contributed by atoms with E-state index in [-0.39, 0.29) is 29.5 Å². The van der Waals surface area contributed by atoms with Gasteiger partial charge < -0.3 is 44.7 Å². The predicted octanol–water partition coefficient (Wildman–Crippen LogP) is 17.7. The molecular formula is C92H81N17O9. The van der Waals surface area contributed by atoms with Crippen molar-refractivity contribution in [3.8, 4) is 79.8 Å². The van der Waals surface area contributed by atoms with Crippen LogP contribution in [0.5, 0.6) is 46.4 Å². The minimum atomic E-state index is -0.355. The highest BCUT2D eigenvalue weighted by Crippen LogP contribution is 2.34. The van der Waals surface area contributed by atoms with E-state index in [1.807, 2.05) is 209 Å². The van der Waals surface area contributed by atoms with Gasteiger partial charge in [-0.15, -0.1) is 0 Å². The van der Waals surface area contributed by atoms with Crippen LogP contribution in [0.15, 0.2) is 268 Å². The number of nitrogens with zero attached hydrogens (tertiary/aromatic N) is 11. The third-order valence-electron chi connectivity index (χ3n) is 19.8. The Morgan fingerprint density at radius 3 is 1.13 bits per heavy atom. The summed E-state index contributed by atoms with van der Waals surface area (Å²) in [5.74, 6) is 3.72. The van der Waals surface area contributed by atoms with Crippen LogP contribution >= 0.6 is 0 Å². The number of hydrogen-bond acceptors (Lipinski definition) is 20. The first kappa shape index (κ1) is 77.2. The van der Waals surface area contributed by atoms with E-state index in [0.29, 0.717) is 74.5 Å². The number of likely N-dealkylation sites (tertiary alicyclic amines) is 1. The highest BCUT2D eigenvalue weighted by molar-refractivity contribution is 6.13. The molecule has 3 amide bonds. The first-order chi connectivity index (χ1) is 57.7. The van der Waals surface area contributed by atoms with Crippen molar-refractivity contribution in [1.82, 2.24) is 70.3 Å². The molecule has 18 rings (SSSR count). The third-order valence-corrected chi connectivity index (χ3v) is 19.8. The number of benzene rings is 7. The Hall–Kier alpha value is -14.7. The Bertz CT molecular complexity index is 6160. The lowest BCUT2D eigenvalue weighted by Gasteiger charge is -2.29. The molecular weight excluding hydrogens is 1490 g/mol. The Kier molecular flexibility index (Phi) is 23.7. The number of aliphatic hydroxyl groups is 1. The number of fused-ring (bicyclic) bond motifs is 3. The second kappa shape index (κ2) is 36.2. The van der Waals surface area contributed by atoms with Gasteiger partial charge in [0, 0.05) is 121 Å². The van der Waals surface area contributed by atoms with Crippen LogP contribution < -0.4 is 34.9 Å². The van der Waals surface area contributed by atoms with Crippen molar-refractivity contribution in [2.45, 2.75) is 52.8 Å². The number of aromatic nitrogens is 12. The first-order valence-electron chi connectivity index (χ1n) is 38.5. The quantitative estimate of drug-likeness (QED) is 0.0351. The van der Waals surface area contributed by atoms with Crippen molar-refractivity contribution in [1.29, 1.82) is 0 Å². The van der Waals surface area contributed by atoms with Crippen molar-refractivity contribution in [2.24, 2.45) is 0 Å². The number of piperidine rings is 1. The topological polar surface area (TPSA) is 324 Å². The number of amides is 3. The van der Waals surface area contributed by atoms with E-state index >= 15 is 0 Å². The number of rotatable bonds is 21. The minimum absolute atomic E-state index is 0.192. The maximum absolute atomic E-state index is 13.2. The number of anilines is 3. The zero-order valence-corrected chi connectivity index (χ0v) is 64.7. The standard InChI is InChI=1S/C31H30N6O3.C31H23N5O3.C30H28N6O3/c1-20-2-6-26(7-3-20)40-29-9-5-24(18-33-29)34-31(39)30-27-15-22(4-8-28(27)35-36-30)23-14-21(16-32-17-23)19-37-12-10-25(38)11-13-37;1-20-7-11-25(12-8-20)39-29-14-10-23(18-33-29)34-31(37)30-27-16-21(9-13-28(27)35-36-30)22-15-26(19-32-17-22)38-24-5-3-2-4-6-24;1-20-2-6-25(7-3-20)39-28-9-5-24(18-32-28)33-30(37)29-26-15-22(4-8-27(26)34-35-29)23-14-21(16-31-17-23)19-36-10-12-38-13-11-36/h2-9,14-18,25,38H,10-13,19H2,1H3,(H,34,39)(H,35,36);2-19H,1H3,(H,34,37)(H,35,36);2-9,14-18H,10-13,19H2,1H3,(H,33,37)(H,34,35). The van der Waals surface area contributed by atoms with Gasteiger partial charge >= 0.3 is 0 Å². The number of carbonyl (C=O) groups excluding carboxylic acids is 3. The molecule has 0 unspecified atom stereocenters. The Balaban J connectivity index is 0.000000132. The van der Waals surface area contributed by atoms with E-state index < -0.39 is 0 Å². The SMILES string of the molecule is Cc1ccc(Oc2ccc(NC(=O)c3n[nH]c4ccc(-c5cncc(CN6CCC(O)CC6)c5)cc34)cn2)cc1.Cc1ccc(Oc2ccc(NC(=O)c3n[nH]c4ccc(-c5cncc(CN6CCOCC6)c5)cc34)cn2)cc1.Cc1ccc(Oc2ccc(NC(=O)c3n[nH]c4ccc(-c5cncc(Oc6ccccc6)c5)cc34)cn2)cc1. The maximum Gasteiger partial charge on any atom is 0.276 e. The molecule has 2 saturated heterocycles. The first-order valence-corrected chi connectivity index (χ1v) is 38.5. The fourth-order valence-corrected chi connectivity index (χ4v) is 13.5. The Morgan fingerprint density at radius 2 is 0.746 bits per heavy atom. The van der Waals surface area contributed by atoms with Crippen molar-refractivity contribution in [3.05, 3.63) is 313 Å². The van der Waals surface area contributed by atoms with Crippen LogP contribution in [0.1, 0.15) is 72.1 Å². The summed E-state index contributed by atoms with van der Waals surface area (Å²) < 4.78 is 28.7. The second-order valence-corrected chi connectivity index (χ2v) is 28.6. The van der Waals surface area contributed by atoms with Gasteiger partial charge in [-0.25, -0.2) is 15.0 Å². The molecule has 7 aromatic carbocycles. The molecule has 2 aliphatic rings. The summed E-state index contributed by atoms with van der Waals surface area (Å²) in [4.78, 5) is 70.3. The average Bonchev–Trinajstić information content (AvgIpc) is 1.64. The number of H-pyrrole nitrogens is 3. The van der Waals surface area contributed by atoms with Crippen LogP contribution in [0.25, 0.3) is 66.1 Å². The van der Waals surface area contributed by atoms with Gasteiger partial charge in [-0.2, -0.15) is 15.3 Å². The predicted molar refractivity (Wildman–Crippen MR) is 451 cm³/mol. The lowest BCUT2D eigenvalue weighted by molar-refractivity contribution is 0.0341. The average molecular weight is 1570 g/mol. The van der Waals surface area contributed by atoms with Crippen molar-refractivity contribution in [2.75, 3.05) is 55.3 Å². The molecule has 11 heterocycles. The zero-order chi connectivity index (χ0) is 80.7. The smallest absolute Gasteiger partial charge is 0.276 e. The fraction of sp³-hybridized carbons (Fsp3) is 0.152. The van der Waals surface area contributed by atoms with Crippen LogP contribution in [0.3, 0.4) is 0 Å². The maximum atomic E-state index is 13.2. The Morgan fingerprint density at radius 1 is 0.381 bits per heavy atom. The molecule has 0 radical (unpaired) electrons. The van der Waals surface area contributed by atoms with Crippen LogP contribution in [-0.2, 0) is 17.8 Å². The third kappa shape index (κ3) is 19.7. The lowest BCUT2D eigenvalue weighted by Crippen LogP contribution is -2.35. The molecule has 118 heavy (non-hydrogen) atoms. The molecule has 26 nitrogen and oxygen atoms in total. The molecule has 2 fully saturated rings. The molecule has 2 aliphatic heterocycles. The number of aliphatic hydroxyl groups excluding tert-OH is 1. The van der Waals surface area contributed by atoms with Gasteiger partial charge in [0.15, 0.2) is 17.1 Å². The second-order valence-electron chi connectivity index (χ2n) is 28.6. The summed E-state index contributed by atoms with van der Waals surface area (Å²) >= 11 is 0. The summed E-state index contributed by atoms with van der Waals surface area (Å²) in [6.45, 7) is 12.8. The number of ether oxygens (including phenoxy) is 5. The fourth-order valence-electron chi connectivity index (χ4n) is 13.5. The van der Waals surface area contributed by atoms with Gasteiger partial charge in [0.2, 0.25) is 17.6 Å². The largest absolute Gasteiger partial charge is 0.456 e. The van der Waals surface area contributed by atoms with Crippen molar-refractivity contribution in [3.63, 3.8) is 0 Å². The normalized spacial score (nSPS) is 13.0. The van der Waals surface area contributed by atoms with Crippen LogP contribution in [0.4, 0.5) is 17.1 Å². The molecule has 0 saturated carbocycles. The molecule has 26 heteroatoms. The van der Waals surface area contributed by atoms with Crippen LogP contribution in [0, 0.1) is 20.8 Å². The molecule has 0 spiro atoms.